The number of methoxy groups -OCH3 is 1. The van der Waals surface area contributed by atoms with Crippen molar-refractivity contribution in [2.24, 2.45) is 0 Å². The lowest BCUT2D eigenvalue weighted by atomic mass is 10.1. The number of ketones is 1. The molecule has 104 valence electrons. The molecule has 2 aromatic heterocycles. The van der Waals surface area contributed by atoms with Gasteiger partial charge in [-0.2, -0.15) is 0 Å². The molecule has 0 aliphatic heterocycles. The van der Waals surface area contributed by atoms with Crippen molar-refractivity contribution in [2.75, 3.05) is 7.11 Å². The second kappa shape index (κ2) is 5.25. The Morgan fingerprint density at radius 3 is 2.76 bits per heavy atom. The van der Waals surface area contributed by atoms with Crippen LogP contribution in [0.3, 0.4) is 0 Å². The van der Waals surface area contributed by atoms with Crippen LogP contribution in [-0.2, 0) is 4.74 Å². The zero-order valence-electron chi connectivity index (χ0n) is 11.6. The van der Waals surface area contributed by atoms with Crippen molar-refractivity contribution in [2.45, 2.75) is 0 Å². The summed E-state index contributed by atoms with van der Waals surface area (Å²) in [6, 6.07) is 11.2. The fraction of sp³-hybridized carbons (Fsp3) is 0.0588. The van der Waals surface area contributed by atoms with Crippen LogP contribution >= 0.6 is 0 Å². The van der Waals surface area contributed by atoms with Crippen molar-refractivity contribution >= 4 is 22.4 Å². The Balaban J connectivity index is 1.97. The zero-order chi connectivity index (χ0) is 14.8. The summed E-state index contributed by atoms with van der Waals surface area (Å²) in [5.74, 6) is 0.413. The maximum atomic E-state index is 12.5. The van der Waals surface area contributed by atoms with Gasteiger partial charge in [-0.05, 0) is 18.2 Å². The molecule has 0 spiro atoms. The normalized spacial score (nSPS) is 10.5. The summed E-state index contributed by atoms with van der Waals surface area (Å²) in [4.78, 5) is 19.8. The van der Waals surface area contributed by atoms with Crippen molar-refractivity contribution in [1.82, 2.24) is 9.97 Å². The smallest absolute Gasteiger partial charge is 0.213 e. The van der Waals surface area contributed by atoms with Crippen LogP contribution in [0.2, 0.25) is 0 Å². The number of aromatic amines is 1. The minimum absolute atomic E-state index is 0.109. The summed E-state index contributed by atoms with van der Waals surface area (Å²) in [5.41, 5.74) is 2.71. The number of aromatic nitrogens is 2. The molecule has 1 aromatic carbocycles. The molecular weight excluding hydrogens is 264 g/mol. The van der Waals surface area contributed by atoms with Gasteiger partial charge in [0.05, 0.1) is 7.11 Å². The fourth-order valence-electron chi connectivity index (χ4n) is 2.21. The number of carbonyl (C=O) groups excluding carboxylic acids is 1. The number of carbonyl (C=O) groups is 1. The molecule has 0 fully saturated rings. The van der Waals surface area contributed by atoms with Crippen molar-refractivity contribution in [3.8, 4) is 0 Å². The van der Waals surface area contributed by atoms with Crippen LogP contribution in [0.5, 0.6) is 0 Å². The monoisotopic (exact) mass is 278 g/mol. The minimum atomic E-state index is -0.109. The molecule has 0 bridgehead atoms. The van der Waals surface area contributed by atoms with E-state index in [9.17, 15) is 4.79 Å². The van der Waals surface area contributed by atoms with E-state index in [0.29, 0.717) is 17.0 Å². The Kier molecular flexibility index (Phi) is 3.28. The average molecular weight is 278 g/mol. The van der Waals surface area contributed by atoms with Gasteiger partial charge < -0.3 is 9.72 Å². The maximum Gasteiger partial charge on any atom is 0.213 e. The summed E-state index contributed by atoms with van der Waals surface area (Å²) >= 11 is 0. The van der Waals surface area contributed by atoms with Crippen LogP contribution in [0.25, 0.3) is 16.7 Å². The Hall–Kier alpha value is -2.88. The van der Waals surface area contributed by atoms with Gasteiger partial charge >= 0.3 is 0 Å². The van der Waals surface area contributed by atoms with Gasteiger partial charge in [-0.1, -0.05) is 24.8 Å². The lowest BCUT2D eigenvalue weighted by molar-refractivity contribution is 0.103. The highest BCUT2D eigenvalue weighted by Gasteiger charge is 2.15. The Morgan fingerprint density at radius 2 is 2.05 bits per heavy atom. The third-order valence-electron chi connectivity index (χ3n) is 3.40. The summed E-state index contributed by atoms with van der Waals surface area (Å²) in [7, 11) is 1.55. The number of rotatable bonds is 4. The highest BCUT2D eigenvalue weighted by molar-refractivity contribution is 6.15. The lowest BCUT2D eigenvalue weighted by Crippen LogP contribution is -2.03. The lowest BCUT2D eigenvalue weighted by Gasteiger charge is -2.04. The van der Waals surface area contributed by atoms with Crippen molar-refractivity contribution in [3.05, 3.63) is 72.2 Å². The third kappa shape index (κ3) is 2.31. The molecular formula is C17H14N2O2. The zero-order valence-corrected chi connectivity index (χ0v) is 11.6. The van der Waals surface area contributed by atoms with Crippen LogP contribution in [0.15, 0.2) is 55.4 Å². The number of hydrogen-bond donors (Lipinski definition) is 1. The van der Waals surface area contributed by atoms with E-state index >= 15 is 0 Å². The number of H-pyrrole nitrogens is 1. The molecule has 0 saturated heterocycles. The number of hydrogen-bond acceptors (Lipinski definition) is 3. The quantitative estimate of drug-likeness (QED) is 0.587. The van der Waals surface area contributed by atoms with Gasteiger partial charge in [-0.25, -0.2) is 0 Å². The molecule has 4 heteroatoms. The van der Waals surface area contributed by atoms with Gasteiger partial charge in [0.1, 0.15) is 11.5 Å². The number of fused-ring (bicyclic) bond motifs is 1. The van der Waals surface area contributed by atoms with Crippen LogP contribution in [0, 0.1) is 0 Å². The van der Waals surface area contributed by atoms with E-state index in [0.717, 1.165) is 16.5 Å². The summed E-state index contributed by atoms with van der Waals surface area (Å²) in [6.07, 6.45) is 3.31. The topological polar surface area (TPSA) is 55.0 Å². The molecule has 0 atom stereocenters. The first-order valence-corrected chi connectivity index (χ1v) is 6.51. The fourth-order valence-corrected chi connectivity index (χ4v) is 2.21. The number of pyridine rings is 1. The highest BCUT2D eigenvalue weighted by atomic mass is 16.5. The first kappa shape index (κ1) is 13.1. The third-order valence-corrected chi connectivity index (χ3v) is 3.40. The first-order chi connectivity index (χ1) is 10.2. The molecule has 0 amide bonds. The predicted molar refractivity (Wildman–Crippen MR) is 82.0 cm³/mol. The van der Waals surface area contributed by atoms with Gasteiger partial charge in [-0.3, -0.25) is 9.78 Å². The number of nitrogens with zero attached hydrogens (tertiary/aromatic N) is 1. The van der Waals surface area contributed by atoms with E-state index in [1.807, 2.05) is 24.3 Å². The van der Waals surface area contributed by atoms with Crippen LogP contribution < -0.4 is 0 Å². The summed E-state index contributed by atoms with van der Waals surface area (Å²) in [6.45, 7) is 3.76. The number of nitrogens with one attached hydrogen (secondary N) is 1. The standard InChI is InChI=1S/C17H14N2O2/c1-11(21-2)12-7-8-16(18-9-12)17(20)14-10-19-15-6-4-3-5-13(14)15/h3-10,19H,1H2,2H3. The Labute approximate surface area is 122 Å². The van der Waals surface area contributed by atoms with Crippen LogP contribution in [-0.4, -0.2) is 22.9 Å². The molecule has 0 aliphatic carbocycles. The molecule has 3 aromatic rings. The van der Waals surface area contributed by atoms with Gasteiger partial charge in [0.25, 0.3) is 0 Å². The van der Waals surface area contributed by atoms with Crippen molar-refractivity contribution in [3.63, 3.8) is 0 Å². The van der Waals surface area contributed by atoms with Gasteiger partial charge in [0, 0.05) is 34.4 Å². The molecule has 0 unspecified atom stereocenters. The Bertz CT molecular complexity index is 816. The maximum absolute atomic E-state index is 12.5. The second-order valence-corrected chi connectivity index (χ2v) is 4.64. The molecule has 2 heterocycles. The molecule has 21 heavy (non-hydrogen) atoms. The van der Waals surface area contributed by atoms with E-state index in [4.69, 9.17) is 4.74 Å². The van der Waals surface area contributed by atoms with E-state index < -0.39 is 0 Å². The van der Waals surface area contributed by atoms with E-state index in [-0.39, 0.29) is 5.78 Å². The summed E-state index contributed by atoms with van der Waals surface area (Å²) < 4.78 is 5.04. The Morgan fingerprint density at radius 1 is 1.24 bits per heavy atom. The molecule has 0 radical (unpaired) electrons. The largest absolute Gasteiger partial charge is 0.497 e. The molecule has 4 nitrogen and oxygen atoms in total. The predicted octanol–water partition coefficient (Wildman–Crippen LogP) is 3.41. The van der Waals surface area contributed by atoms with Crippen molar-refractivity contribution < 1.29 is 9.53 Å². The van der Waals surface area contributed by atoms with Crippen LogP contribution in [0.1, 0.15) is 21.6 Å². The first-order valence-electron chi connectivity index (χ1n) is 6.51. The molecule has 3 rings (SSSR count). The van der Waals surface area contributed by atoms with Gasteiger partial charge in [0.2, 0.25) is 5.78 Å². The number of benzene rings is 1. The van der Waals surface area contributed by atoms with Crippen molar-refractivity contribution in [1.29, 1.82) is 0 Å². The van der Waals surface area contributed by atoms with Gasteiger partial charge in [0.15, 0.2) is 0 Å². The van der Waals surface area contributed by atoms with E-state index in [1.54, 1.807) is 31.6 Å². The molecule has 0 aliphatic rings. The average Bonchev–Trinajstić information content (AvgIpc) is 2.97. The molecule has 1 N–H and O–H groups in total. The highest BCUT2D eigenvalue weighted by Crippen LogP contribution is 2.21. The van der Waals surface area contributed by atoms with Crippen LogP contribution in [0.4, 0.5) is 0 Å². The second-order valence-electron chi connectivity index (χ2n) is 4.64. The van der Waals surface area contributed by atoms with Gasteiger partial charge in [-0.15, -0.1) is 0 Å². The summed E-state index contributed by atoms with van der Waals surface area (Å²) in [5, 5.41) is 0.898. The SMILES string of the molecule is C=C(OC)c1ccc(C(=O)c2c[nH]c3ccccc23)nc1. The number of ether oxygens (including phenoxy) is 1. The number of para-hydroxylation sites is 1. The van der Waals surface area contributed by atoms with E-state index in [2.05, 4.69) is 16.5 Å². The minimum Gasteiger partial charge on any atom is -0.497 e. The van der Waals surface area contributed by atoms with E-state index in [1.165, 1.54) is 0 Å². The molecule has 0 saturated carbocycles.